The van der Waals surface area contributed by atoms with Crippen LogP contribution in [0.5, 0.6) is 5.75 Å². The monoisotopic (exact) mass is 274 g/mol. The number of hydrogen-bond acceptors (Lipinski definition) is 4. The Hall–Kier alpha value is -2.01. The van der Waals surface area contributed by atoms with Crippen LogP contribution in [0.4, 0.5) is 11.5 Å². The van der Waals surface area contributed by atoms with Gasteiger partial charge in [0, 0.05) is 31.4 Å². The molecule has 0 saturated heterocycles. The summed E-state index contributed by atoms with van der Waals surface area (Å²) in [6, 6.07) is 7.98. The predicted octanol–water partition coefficient (Wildman–Crippen LogP) is 2.01. The van der Waals surface area contributed by atoms with Gasteiger partial charge in [-0.3, -0.25) is 4.68 Å². The lowest BCUT2D eigenvalue weighted by atomic mass is 10.1. The summed E-state index contributed by atoms with van der Waals surface area (Å²) >= 11 is 0. The first-order chi connectivity index (χ1) is 9.58. The first kappa shape index (κ1) is 14.4. The first-order valence-electron chi connectivity index (χ1n) is 6.68. The normalized spacial score (nSPS) is 10.7. The number of ether oxygens (including phenoxy) is 1. The molecule has 0 aliphatic heterocycles. The van der Waals surface area contributed by atoms with Crippen molar-refractivity contribution >= 4 is 11.5 Å². The van der Waals surface area contributed by atoms with Crippen molar-refractivity contribution in [2.75, 3.05) is 25.6 Å². The standard InChI is InChI=1S/C15H22N4O/c1-11-14(8-9-16)15(19(3)17-11)18(2)12-6-5-7-13(10-12)20-4/h5-7,10H,8-9,16H2,1-4H3. The maximum Gasteiger partial charge on any atom is 0.134 e. The molecule has 2 aromatic rings. The molecule has 1 aromatic heterocycles. The van der Waals surface area contributed by atoms with E-state index >= 15 is 0 Å². The molecule has 0 amide bonds. The van der Waals surface area contributed by atoms with Crippen LogP contribution >= 0.6 is 0 Å². The minimum atomic E-state index is 0.617. The molecule has 0 fully saturated rings. The van der Waals surface area contributed by atoms with Gasteiger partial charge in [0.1, 0.15) is 11.6 Å². The van der Waals surface area contributed by atoms with Crippen LogP contribution in [-0.4, -0.2) is 30.5 Å². The second-order valence-electron chi connectivity index (χ2n) is 4.81. The summed E-state index contributed by atoms with van der Waals surface area (Å²) in [5, 5.41) is 4.51. The third-order valence-corrected chi connectivity index (χ3v) is 3.47. The molecule has 0 radical (unpaired) electrons. The third kappa shape index (κ3) is 2.63. The van der Waals surface area contributed by atoms with Crippen molar-refractivity contribution in [2.45, 2.75) is 13.3 Å². The van der Waals surface area contributed by atoms with E-state index in [-0.39, 0.29) is 0 Å². The fraction of sp³-hybridized carbons (Fsp3) is 0.400. The van der Waals surface area contributed by atoms with Crippen LogP contribution in [0.1, 0.15) is 11.3 Å². The molecule has 1 heterocycles. The van der Waals surface area contributed by atoms with Gasteiger partial charge in [0.15, 0.2) is 0 Å². The lowest BCUT2D eigenvalue weighted by Gasteiger charge is -2.21. The summed E-state index contributed by atoms with van der Waals surface area (Å²) in [4.78, 5) is 2.12. The Balaban J connectivity index is 2.44. The van der Waals surface area contributed by atoms with Crippen LogP contribution in [-0.2, 0) is 13.5 Å². The highest BCUT2D eigenvalue weighted by Gasteiger charge is 2.17. The van der Waals surface area contributed by atoms with Gasteiger partial charge in [0.2, 0.25) is 0 Å². The Morgan fingerprint density at radius 3 is 2.80 bits per heavy atom. The maximum atomic E-state index is 5.72. The van der Waals surface area contributed by atoms with Crippen molar-refractivity contribution in [2.24, 2.45) is 12.8 Å². The van der Waals surface area contributed by atoms with E-state index in [0.29, 0.717) is 6.54 Å². The third-order valence-electron chi connectivity index (χ3n) is 3.47. The van der Waals surface area contributed by atoms with Crippen LogP contribution in [0.25, 0.3) is 0 Å². The molecule has 5 nitrogen and oxygen atoms in total. The van der Waals surface area contributed by atoms with Gasteiger partial charge >= 0.3 is 0 Å². The molecule has 0 saturated carbocycles. The molecule has 0 aliphatic carbocycles. The first-order valence-corrected chi connectivity index (χ1v) is 6.68. The van der Waals surface area contributed by atoms with Gasteiger partial charge in [-0.25, -0.2) is 0 Å². The molecule has 0 atom stereocenters. The molecule has 0 aliphatic rings. The van der Waals surface area contributed by atoms with E-state index in [9.17, 15) is 0 Å². The van der Waals surface area contributed by atoms with Crippen molar-refractivity contribution in [3.05, 3.63) is 35.5 Å². The van der Waals surface area contributed by atoms with Crippen molar-refractivity contribution in [1.29, 1.82) is 0 Å². The number of hydrogen-bond donors (Lipinski definition) is 1. The van der Waals surface area contributed by atoms with Crippen molar-refractivity contribution < 1.29 is 4.74 Å². The zero-order chi connectivity index (χ0) is 14.7. The summed E-state index contributed by atoms with van der Waals surface area (Å²) in [6.07, 6.45) is 0.823. The second-order valence-corrected chi connectivity index (χ2v) is 4.81. The molecule has 20 heavy (non-hydrogen) atoms. The molecule has 1 aromatic carbocycles. The number of aromatic nitrogens is 2. The molecule has 0 bridgehead atoms. The van der Waals surface area contributed by atoms with E-state index in [4.69, 9.17) is 10.5 Å². The highest BCUT2D eigenvalue weighted by atomic mass is 16.5. The van der Waals surface area contributed by atoms with Gasteiger partial charge < -0.3 is 15.4 Å². The van der Waals surface area contributed by atoms with Crippen molar-refractivity contribution in [3.8, 4) is 5.75 Å². The van der Waals surface area contributed by atoms with E-state index < -0.39 is 0 Å². The summed E-state index contributed by atoms with van der Waals surface area (Å²) in [6.45, 7) is 2.64. The van der Waals surface area contributed by atoms with Gasteiger partial charge in [-0.2, -0.15) is 5.10 Å². The number of rotatable bonds is 5. The molecule has 5 heteroatoms. The van der Waals surface area contributed by atoms with E-state index in [1.165, 1.54) is 5.56 Å². The predicted molar refractivity (Wildman–Crippen MR) is 81.8 cm³/mol. The van der Waals surface area contributed by atoms with E-state index in [1.54, 1.807) is 7.11 Å². The van der Waals surface area contributed by atoms with Gasteiger partial charge in [-0.1, -0.05) is 6.07 Å². The quantitative estimate of drug-likeness (QED) is 0.906. The smallest absolute Gasteiger partial charge is 0.134 e. The van der Waals surface area contributed by atoms with Crippen molar-refractivity contribution in [1.82, 2.24) is 9.78 Å². The van der Waals surface area contributed by atoms with Crippen LogP contribution < -0.4 is 15.4 Å². The molecule has 108 valence electrons. The molecular formula is C15H22N4O. The zero-order valence-electron chi connectivity index (χ0n) is 12.6. The van der Waals surface area contributed by atoms with E-state index in [2.05, 4.69) is 16.1 Å². The Morgan fingerprint density at radius 2 is 2.15 bits per heavy atom. The molecule has 2 N–H and O–H groups in total. The summed E-state index contributed by atoms with van der Waals surface area (Å²) < 4.78 is 7.19. The highest BCUT2D eigenvalue weighted by molar-refractivity contribution is 5.64. The summed E-state index contributed by atoms with van der Waals surface area (Å²) in [7, 11) is 5.66. The number of nitrogens with zero attached hydrogens (tertiary/aromatic N) is 3. The number of benzene rings is 1. The number of anilines is 2. The Morgan fingerprint density at radius 1 is 1.40 bits per heavy atom. The lowest BCUT2D eigenvalue weighted by molar-refractivity contribution is 0.415. The van der Waals surface area contributed by atoms with Crippen LogP contribution in [0.3, 0.4) is 0 Å². The van der Waals surface area contributed by atoms with Gasteiger partial charge in [0.05, 0.1) is 12.8 Å². The number of methoxy groups -OCH3 is 1. The minimum absolute atomic E-state index is 0.617. The number of nitrogens with two attached hydrogens (primary N) is 1. The molecule has 0 unspecified atom stereocenters. The van der Waals surface area contributed by atoms with Crippen molar-refractivity contribution in [3.63, 3.8) is 0 Å². The zero-order valence-corrected chi connectivity index (χ0v) is 12.6. The van der Waals surface area contributed by atoms with Crippen LogP contribution in [0.15, 0.2) is 24.3 Å². The average molecular weight is 274 g/mol. The highest BCUT2D eigenvalue weighted by Crippen LogP contribution is 2.30. The van der Waals surface area contributed by atoms with Crippen LogP contribution in [0.2, 0.25) is 0 Å². The second kappa shape index (κ2) is 5.96. The summed E-state index contributed by atoms with van der Waals surface area (Å²) in [5.41, 5.74) is 9.00. The largest absolute Gasteiger partial charge is 0.497 e. The van der Waals surface area contributed by atoms with Crippen LogP contribution in [0, 0.1) is 6.92 Å². The fourth-order valence-electron chi connectivity index (χ4n) is 2.49. The van der Waals surface area contributed by atoms with Gasteiger partial charge in [-0.05, 0) is 32.0 Å². The van der Waals surface area contributed by atoms with E-state index in [1.807, 2.05) is 43.9 Å². The topological polar surface area (TPSA) is 56.3 Å². The average Bonchev–Trinajstić information content (AvgIpc) is 2.73. The molecular weight excluding hydrogens is 252 g/mol. The Kier molecular flexibility index (Phi) is 4.29. The maximum absolute atomic E-state index is 5.72. The van der Waals surface area contributed by atoms with Gasteiger partial charge in [-0.15, -0.1) is 0 Å². The minimum Gasteiger partial charge on any atom is -0.497 e. The Labute approximate surface area is 119 Å². The lowest BCUT2D eigenvalue weighted by Crippen LogP contribution is -2.16. The SMILES string of the molecule is COc1cccc(N(C)c2c(CCN)c(C)nn2C)c1. The fourth-order valence-corrected chi connectivity index (χ4v) is 2.49. The Bertz CT molecular complexity index is 592. The van der Waals surface area contributed by atoms with E-state index in [0.717, 1.165) is 29.4 Å². The molecule has 0 spiro atoms. The molecule has 2 rings (SSSR count). The number of aryl methyl sites for hydroxylation is 2. The van der Waals surface area contributed by atoms with Gasteiger partial charge in [0.25, 0.3) is 0 Å². The summed E-state index contributed by atoms with van der Waals surface area (Å²) in [5.74, 6) is 1.91.